The Labute approximate surface area is 226 Å². The number of carbonyl (C=O) groups excluding carboxylic acids is 1. The number of fused-ring (bicyclic) bond motifs is 1. The maximum Gasteiger partial charge on any atom is 0.312 e. The SMILES string of the molecule is CCn1nnc2c(C)c([C@H](c3cc(COCc4ccc(OC)cc4)c(Cl)s3)C(C)(C)C(=O)OC)ccc21. The third-order valence-corrected chi connectivity index (χ3v) is 8.28. The van der Waals surface area contributed by atoms with Gasteiger partial charge in [-0.3, -0.25) is 4.79 Å². The average molecular weight is 542 g/mol. The highest BCUT2D eigenvalue weighted by Gasteiger charge is 2.42. The first-order valence-electron chi connectivity index (χ1n) is 12.1. The number of methoxy groups -OCH3 is 2. The van der Waals surface area contributed by atoms with E-state index in [1.54, 1.807) is 7.11 Å². The largest absolute Gasteiger partial charge is 0.497 e. The van der Waals surface area contributed by atoms with Crippen LogP contribution in [0.5, 0.6) is 5.75 Å². The number of aryl methyl sites for hydroxylation is 2. The van der Waals surface area contributed by atoms with Crippen LogP contribution in [0, 0.1) is 12.3 Å². The summed E-state index contributed by atoms with van der Waals surface area (Å²) in [5.74, 6) is 0.212. The van der Waals surface area contributed by atoms with E-state index in [0.717, 1.165) is 50.5 Å². The highest BCUT2D eigenvalue weighted by atomic mass is 35.5. The molecule has 0 saturated heterocycles. The van der Waals surface area contributed by atoms with Crippen molar-refractivity contribution in [2.75, 3.05) is 14.2 Å². The number of benzene rings is 2. The molecule has 2 aromatic carbocycles. The maximum atomic E-state index is 13.0. The molecule has 4 rings (SSSR count). The van der Waals surface area contributed by atoms with E-state index in [0.29, 0.717) is 17.6 Å². The highest BCUT2D eigenvalue weighted by molar-refractivity contribution is 7.16. The third-order valence-electron chi connectivity index (χ3n) is 6.77. The van der Waals surface area contributed by atoms with Crippen molar-refractivity contribution in [3.8, 4) is 5.75 Å². The van der Waals surface area contributed by atoms with Crippen LogP contribution in [-0.4, -0.2) is 35.2 Å². The first kappa shape index (κ1) is 27.1. The van der Waals surface area contributed by atoms with Crippen LogP contribution in [0.25, 0.3) is 11.0 Å². The van der Waals surface area contributed by atoms with Crippen LogP contribution in [0.15, 0.2) is 42.5 Å². The Morgan fingerprint density at radius 1 is 1.14 bits per heavy atom. The molecule has 37 heavy (non-hydrogen) atoms. The van der Waals surface area contributed by atoms with Crippen LogP contribution in [0.3, 0.4) is 0 Å². The summed E-state index contributed by atoms with van der Waals surface area (Å²) in [6.07, 6.45) is 0. The normalized spacial score (nSPS) is 12.6. The first-order valence-corrected chi connectivity index (χ1v) is 13.3. The number of halogens is 1. The fourth-order valence-electron chi connectivity index (χ4n) is 4.68. The summed E-state index contributed by atoms with van der Waals surface area (Å²) in [5.41, 5.74) is 4.85. The lowest BCUT2D eigenvalue weighted by atomic mass is 9.72. The van der Waals surface area contributed by atoms with E-state index in [-0.39, 0.29) is 11.9 Å². The fraction of sp³-hybridized carbons (Fsp3) is 0.393. The van der Waals surface area contributed by atoms with Crippen LogP contribution in [0.4, 0.5) is 0 Å². The van der Waals surface area contributed by atoms with Gasteiger partial charge < -0.3 is 14.2 Å². The number of hydrogen-bond acceptors (Lipinski definition) is 7. The second kappa shape index (κ2) is 11.2. The van der Waals surface area contributed by atoms with Crippen molar-refractivity contribution in [1.82, 2.24) is 15.0 Å². The zero-order valence-corrected chi connectivity index (χ0v) is 23.6. The molecule has 0 bridgehead atoms. The molecule has 0 saturated carbocycles. The summed E-state index contributed by atoms with van der Waals surface area (Å²) >= 11 is 8.17. The monoisotopic (exact) mass is 541 g/mol. The molecule has 4 aromatic rings. The van der Waals surface area contributed by atoms with E-state index in [2.05, 4.69) is 16.4 Å². The maximum absolute atomic E-state index is 13.0. The molecular formula is C28H32ClN3O4S. The number of nitrogens with zero attached hydrogens (tertiary/aromatic N) is 3. The molecule has 0 N–H and O–H groups in total. The molecule has 0 spiro atoms. The van der Waals surface area contributed by atoms with Gasteiger partial charge in [0.1, 0.15) is 11.3 Å². The number of thiophene rings is 1. The van der Waals surface area contributed by atoms with Gasteiger partial charge in [0.25, 0.3) is 0 Å². The number of esters is 1. The minimum Gasteiger partial charge on any atom is -0.497 e. The predicted octanol–water partition coefficient (Wildman–Crippen LogP) is 6.53. The van der Waals surface area contributed by atoms with Gasteiger partial charge in [0.15, 0.2) is 0 Å². The minimum absolute atomic E-state index is 0.295. The van der Waals surface area contributed by atoms with Gasteiger partial charge in [0.05, 0.1) is 42.7 Å². The predicted molar refractivity (Wildman–Crippen MR) is 146 cm³/mol. The first-order chi connectivity index (χ1) is 17.7. The quantitative estimate of drug-likeness (QED) is 0.212. The van der Waals surface area contributed by atoms with Crippen molar-refractivity contribution >= 4 is 39.9 Å². The van der Waals surface area contributed by atoms with Crippen LogP contribution in [0.1, 0.15) is 53.8 Å². The summed E-state index contributed by atoms with van der Waals surface area (Å²) in [7, 11) is 3.06. The molecule has 1 atom stereocenters. The molecule has 0 aliphatic heterocycles. The van der Waals surface area contributed by atoms with E-state index in [1.807, 2.05) is 68.8 Å². The molecular weight excluding hydrogens is 510 g/mol. The smallest absolute Gasteiger partial charge is 0.312 e. The van der Waals surface area contributed by atoms with E-state index in [1.165, 1.54) is 18.4 Å². The molecule has 2 heterocycles. The van der Waals surface area contributed by atoms with Crippen LogP contribution >= 0.6 is 22.9 Å². The molecule has 9 heteroatoms. The van der Waals surface area contributed by atoms with Gasteiger partial charge in [-0.2, -0.15) is 0 Å². The van der Waals surface area contributed by atoms with Crippen LogP contribution in [-0.2, 0) is 34.0 Å². The molecule has 0 radical (unpaired) electrons. The van der Waals surface area contributed by atoms with Gasteiger partial charge in [-0.25, -0.2) is 4.68 Å². The van der Waals surface area contributed by atoms with E-state index in [4.69, 9.17) is 25.8 Å². The summed E-state index contributed by atoms with van der Waals surface area (Å²) in [5, 5.41) is 8.70. The number of carbonyl (C=O) groups is 1. The zero-order chi connectivity index (χ0) is 26.7. The Bertz CT molecular complexity index is 1390. The molecule has 0 unspecified atom stereocenters. The zero-order valence-electron chi connectivity index (χ0n) is 22.0. The number of aromatic nitrogens is 3. The molecule has 0 aliphatic rings. The molecule has 196 valence electrons. The molecule has 2 aromatic heterocycles. The van der Waals surface area contributed by atoms with Crippen molar-refractivity contribution in [2.24, 2.45) is 5.41 Å². The Hall–Kier alpha value is -2.94. The Morgan fingerprint density at radius 2 is 1.86 bits per heavy atom. The fourth-order valence-corrected chi connectivity index (χ4v) is 6.25. The van der Waals surface area contributed by atoms with E-state index in [9.17, 15) is 4.79 Å². The Morgan fingerprint density at radius 3 is 2.51 bits per heavy atom. The molecule has 7 nitrogen and oxygen atoms in total. The van der Waals surface area contributed by atoms with Gasteiger partial charge in [-0.1, -0.05) is 35.0 Å². The van der Waals surface area contributed by atoms with Gasteiger partial charge in [-0.05, 0) is 68.7 Å². The van der Waals surface area contributed by atoms with Gasteiger partial charge in [0.2, 0.25) is 0 Å². The lowest BCUT2D eigenvalue weighted by molar-refractivity contribution is -0.151. The number of rotatable bonds is 10. The van der Waals surface area contributed by atoms with Crippen molar-refractivity contribution in [2.45, 2.75) is 53.4 Å². The van der Waals surface area contributed by atoms with Crippen LogP contribution in [0.2, 0.25) is 4.34 Å². The average Bonchev–Trinajstić information content (AvgIpc) is 3.48. The van der Waals surface area contributed by atoms with E-state index >= 15 is 0 Å². The van der Waals surface area contributed by atoms with Crippen molar-refractivity contribution < 1.29 is 19.0 Å². The number of hydrogen-bond donors (Lipinski definition) is 0. The Kier molecular flexibility index (Phi) is 8.21. The van der Waals surface area contributed by atoms with Crippen molar-refractivity contribution in [1.29, 1.82) is 0 Å². The lowest BCUT2D eigenvalue weighted by Crippen LogP contribution is -2.33. The number of ether oxygens (including phenoxy) is 3. The van der Waals surface area contributed by atoms with Crippen molar-refractivity contribution in [3.63, 3.8) is 0 Å². The highest BCUT2D eigenvalue weighted by Crippen LogP contribution is 2.48. The summed E-state index contributed by atoms with van der Waals surface area (Å²) in [6, 6.07) is 13.9. The summed E-state index contributed by atoms with van der Waals surface area (Å²) in [4.78, 5) is 14.0. The molecule has 0 amide bonds. The van der Waals surface area contributed by atoms with Crippen LogP contribution < -0.4 is 4.74 Å². The van der Waals surface area contributed by atoms with E-state index < -0.39 is 5.41 Å². The second-order valence-corrected chi connectivity index (χ2v) is 11.2. The lowest BCUT2D eigenvalue weighted by Gasteiger charge is -2.32. The van der Waals surface area contributed by atoms with Crippen molar-refractivity contribution in [3.05, 3.63) is 73.9 Å². The summed E-state index contributed by atoms with van der Waals surface area (Å²) in [6.45, 7) is 9.41. The third kappa shape index (κ3) is 5.37. The van der Waals surface area contributed by atoms with Gasteiger partial charge in [-0.15, -0.1) is 16.4 Å². The van der Waals surface area contributed by atoms with Gasteiger partial charge in [0, 0.05) is 22.9 Å². The van der Waals surface area contributed by atoms with Gasteiger partial charge >= 0.3 is 5.97 Å². The second-order valence-electron chi connectivity index (χ2n) is 9.49. The minimum atomic E-state index is -0.858. The topological polar surface area (TPSA) is 75.5 Å². The molecule has 0 aliphatic carbocycles. The Balaban J connectivity index is 1.67. The molecule has 0 fully saturated rings. The standard InChI is InChI=1S/C28H32ClN3O4S/c1-7-32-22-13-12-21(17(2)25(22)30-31-32)24(28(3,4)27(33)35-6)23-14-19(26(29)37-23)16-36-15-18-8-10-20(34-5)11-9-18/h8-14,24H,7,15-16H2,1-6H3/t24-/m1/s1. The summed E-state index contributed by atoms with van der Waals surface area (Å²) < 4.78 is 18.9.